The Morgan fingerprint density at radius 1 is 1.38 bits per heavy atom. The van der Waals surface area contributed by atoms with Crippen LogP contribution in [0.5, 0.6) is 0 Å². The molecule has 1 aromatic carbocycles. The Morgan fingerprint density at radius 3 is 2.62 bits per heavy atom. The standard InChI is InChI=1S/C14H18ClN5O3S/c1-3-6-17-10-5-4-9(13(16)21)7-11(10)19-24(22,23)14-12(15)20(2)8-18-14/h4-5,7-8,17,19H,3,6H2,1-2H3,(H2,16,21). The zero-order valence-corrected chi connectivity index (χ0v) is 14.8. The van der Waals surface area contributed by atoms with E-state index in [9.17, 15) is 13.2 Å². The minimum Gasteiger partial charge on any atom is -0.383 e. The van der Waals surface area contributed by atoms with Gasteiger partial charge in [0.05, 0.1) is 17.7 Å². The highest BCUT2D eigenvalue weighted by molar-refractivity contribution is 7.92. The van der Waals surface area contributed by atoms with Crippen molar-refractivity contribution >= 4 is 38.9 Å². The van der Waals surface area contributed by atoms with Crippen LogP contribution < -0.4 is 15.8 Å². The summed E-state index contributed by atoms with van der Waals surface area (Å²) in [6, 6.07) is 4.48. The van der Waals surface area contributed by atoms with Crippen LogP contribution in [-0.4, -0.2) is 30.4 Å². The smallest absolute Gasteiger partial charge is 0.282 e. The number of nitrogens with one attached hydrogen (secondary N) is 2. The maximum Gasteiger partial charge on any atom is 0.282 e. The topological polar surface area (TPSA) is 119 Å². The molecule has 2 aromatic rings. The van der Waals surface area contributed by atoms with E-state index in [-0.39, 0.29) is 21.4 Å². The molecule has 8 nitrogen and oxygen atoms in total. The lowest BCUT2D eigenvalue weighted by Crippen LogP contribution is -2.17. The number of hydrogen-bond donors (Lipinski definition) is 3. The summed E-state index contributed by atoms with van der Waals surface area (Å²) in [5, 5.41) is 2.77. The Morgan fingerprint density at radius 2 is 2.08 bits per heavy atom. The largest absolute Gasteiger partial charge is 0.383 e. The van der Waals surface area contributed by atoms with E-state index in [1.54, 1.807) is 13.1 Å². The van der Waals surface area contributed by atoms with E-state index >= 15 is 0 Å². The number of benzene rings is 1. The number of nitrogens with two attached hydrogens (primary N) is 1. The number of carbonyl (C=O) groups excluding carboxylic acids is 1. The van der Waals surface area contributed by atoms with Gasteiger partial charge in [0.1, 0.15) is 5.15 Å². The molecule has 0 bridgehead atoms. The first-order valence-electron chi connectivity index (χ1n) is 7.13. The van der Waals surface area contributed by atoms with Gasteiger partial charge in [0.15, 0.2) is 0 Å². The molecule has 1 amide bonds. The molecule has 0 radical (unpaired) electrons. The van der Waals surface area contributed by atoms with Crippen LogP contribution in [0.25, 0.3) is 0 Å². The molecule has 0 spiro atoms. The lowest BCUT2D eigenvalue weighted by molar-refractivity contribution is 0.100. The molecule has 1 aromatic heterocycles. The third kappa shape index (κ3) is 3.80. The summed E-state index contributed by atoms with van der Waals surface area (Å²) in [5.41, 5.74) is 6.17. The first-order chi connectivity index (χ1) is 11.3. The molecule has 10 heteroatoms. The molecule has 0 atom stereocenters. The number of hydrogen-bond acceptors (Lipinski definition) is 5. The first kappa shape index (κ1) is 18.1. The maximum absolute atomic E-state index is 12.5. The quantitative estimate of drug-likeness (QED) is 0.685. The highest BCUT2D eigenvalue weighted by atomic mass is 35.5. The van der Waals surface area contributed by atoms with E-state index in [1.807, 2.05) is 6.92 Å². The van der Waals surface area contributed by atoms with Crippen molar-refractivity contribution in [3.05, 3.63) is 35.2 Å². The van der Waals surface area contributed by atoms with Crippen molar-refractivity contribution in [2.24, 2.45) is 12.8 Å². The number of primary amides is 1. The zero-order chi connectivity index (χ0) is 17.9. The van der Waals surface area contributed by atoms with E-state index < -0.39 is 15.9 Å². The van der Waals surface area contributed by atoms with Crippen molar-refractivity contribution in [3.63, 3.8) is 0 Å². The average molecular weight is 372 g/mol. The fourth-order valence-electron chi connectivity index (χ4n) is 1.96. The monoisotopic (exact) mass is 371 g/mol. The minimum atomic E-state index is -4.02. The number of imidazole rings is 1. The van der Waals surface area contributed by atoms with E-state index in [0.717, 1.165) is 6.42 Å². The summed E-state index contributed by atoms with van der Waals surface area (Å²) in [5.74, 6) is -0.659. The fraction of sp³-hybridized carbons (Fsp3) is 0.286. The van der Waals surface area contributed by atoms with Crippen LogP contribution in [0.2, 0.25) is 5.15 Å². The Hall–Kier alpha value is -2.26. The minimum absolute atomic E-state index is 0.0170. The zero-order valence-electron chi connectivity index (χ0n) is 13.2. The van der Waals surface area contributed by atoms with Gasteiger partial charge in [0, 0.05) is 19.2 Å². The number of halogens is 1. The molecule has 1 heterocycles. The average Bonchev–Trinajstić information content (AvgIpc) is 2.86. The van der Waals surface area contributed by atoms with Crippen molar-refractivity contribution in [1.82, 2.24) is 9.55 Å². The molecule has 0 fully saturated rings. The molecule has 0 aliphatic rings. The summed E-state index contributed by atoms with van der Waals surface area (Å²) in [6.45, 7) is 2.61. The molecular weight excluding hydrogens is 354 g/mol. The molecule has 0 aliphatic heterocycles. The van der Waals surface area contributed by atoms with Gasteiger partial charge >= 0.3 is 0 Å². The maximum atomic E-state index is 12.5. The number of carbonyl (C=O) groups is 1. The van der Waals surface area contributed by atoms with Gasteiger partial charge in [-0.1, -0.05) is 18.5 Å². The third-order valence-electron chi connectivity index (χ3n) is 3.20. The number of sulfonamides is 1. The number of anilines is 2. The normalized spacial score (nSPS) is 11.3. The van der Waals surface area contributed by atoms with Gasteiger partial charge in [0.2, 0.25) is 10.9 Å². The molecule has 24 heavy (non-hydrogen) atoms. The van der Waals surface area contributed by atoms with Crippen molar-refractivity contribution in [3.8, 4) is 0 Å². The van der Waals surface area contributed by atoms with E-state index in [4.69, 9.17) is 17.3 Å². The summed E-state index contributed by atoms with van der Waals surface area (Å²) in [6.07, 6.45) is 2.14. The van der Waals surface area contributed by atoms with Crippen LogP contribution in [0.4, 0.5) is 11.4 Å². The second kappa shape index (κ2) is 7.10. The van der Waals surface area contributed by atoms with Crippen LogP contribution in [0, 0.1) is 0 Å². The van der Waals surface area contributed by atoms with Crippen molar-refractivity contribution in [1.29, 1.82) is 0 Å². The van der Waals surface area contributed by atoms with E-state index in [1.165, 1.54) is 23.0 Å². The SMILES string of the molecule is CCCNc1ccc(C(N)=O)cc1NS(=O)(=O)c1ncn(C)c1Cl. The highest BCUT2D eigenvalue weighted by Gasteiger charge is 2.24. The van der Waals surface area contributed by atoms with Crippen LogP contribution in [0.15, 0.2) is 29.6 Å². The van der Waals surface area contributed by atoms with Gasteiger partial charge < -0.3 is 15.6 Å². The number of aryl methyl sites for hydroxylation is 1. The Kier molecular flexibility index (Phi) is 5.35. The second-order valence-corrected chi connectivity index (χ2v) is 7.06. The van der Waals surface area contributed by atoms with Gasteiger partial charge in [-0.05, 0) is 24.6 Å². The van der Waals surface area contributed by atoms with Gasteiger partial charge in [-0.25, -0.2) is 4.98 Å². The molecule has 0 saturated carbocycles. The fourth-order valence-corrected chi connectivity index (χ4v) is 3.47. The lowest BCUT2D eigenvalue weighted by atomic mass is 10.1. The number of amides is 1. The molecular formula is C14H18ClN5O3S. The summed E-state index contributed by atoms with van der Waals surface area (Å²) >= 11 is 5.96. The highest BCUT2D eigenvalue weighted by Crippen LogP contribution is 2.28. The predicted octanol–water partition coefficient (Wildman–Crippen LogP) is 1.80. The number of aromatic nitrogens is 2. The van der Waals surface area contributed by atoms with Crippen molar-refractivity contribution in [2.75, 3.05) is 16.6 Å². The first-order valence-corrected chi connectivity index (χ1v) is 8.99. The van der Waals surface area contributed by atoms with Gasteiger partial charge in [-0.2, -0.15) is 8.42 Å². The van der Waals surface area contributed by atoms with Crippen LogP contribution in [0.3, 0.4) is 0 Å². The van der Waals surface area contributed by atoms with E-state index in [0.29, 0.717) is 12.2 Å². The Bertz CT molecular complexity index is 863. The summed E-state index contributed by atoms with van der Waals surface area (Å²) in [7, 11) is -2.44. The van der Waals surface area contributed by atoms with Crippen molar-refractivity contribution in [2.45, 2.75) is 18.4 Å². The van der Waals surface area contributed by atoms with Crippen molar-refractivity contribution < 1.29 is 13.2 Å². The van der Waals surface area contributed by atoms with Crippen LogP contribution >= 0.6 is 11.6 Å². The van der Waals surface area contributed by atoms with Gasteiger partial charge in [0.25, 0.3) is 10.0 Å². The van der Waals surface area contributed by atoms with Crippen LogP contribution in [-0.2, 0) is 17.1 Å². The molecule has 0 aliphatic carbocycles. The Balaban J connectivity index is 2.44. The molecule has 0 saturated heterocycles. The second-order valence-electron chi connectivity index (χ2n) is 5.11. The number of nitrogens with zero attached hydrogens (tertiary/aromatic N) is 2. The van der Waals surface area contributed by atoms with Crippen LogP contribution in [0.1, 0.15) is 23.7 Å². The third-order valence-corrected chi connectivity index (χ3v) is 5.06. The summed E-state index contributed by atoms with van der Waals surface area (Å²) in [4.78, 5) is 15.2. The molecule has 0 unspecified atom stereocenters. The lowest BCUT2D eigenvalue weighted by Gasteiger charge is -2.14. The number of rotatable bonds is 7. The predicted molar refractivity (Wildman–Crippen MR) is 92.8 cm³/mol. The molecule has 2 rings (SSSR count). The molecule has 130 valence electrons. The summed E-state index contributed by atoms with van der Waals surface area (Å²) < 4.78 is 28.8. The van der Waals surface area contributed by atoms with Gasteiger partial charge in [-0.15, -0.1) is 0 Å². The molecule has 4 N–H and O–H groups in total. The Labute approximate surface area is 145 Å². The van der Waals surface area contributed by atoms with Gasteiger partial charge in [-0.3, -0.25) is 9.52 Å². The van der Waals surface area contributed by atoms with E-state index in [2.05, 4.69) is 15.0 Å².